The Hall–Kier alpha value is -2.40. The summed E-state index contributed by atoms with van der Waals surface area (Å²) in [7, 11) is 0. The van der Waals surface area contributed by atoms with Crippen LogP contribution in [0.15, 0.2) is 6.07 Å². The van der Waals surface area contributed by atoms with Crippen molar-refractivity contribution in [3.05, 3.63) is 23.1 Å². The number of hydrogen-bond acceptors (Lipinski definition) is 10. The molecule has 3 aliphatic rings. The number of rotatable bonds is 7. The highest BCUT2D eigenvalue weighted by Crippen LogP contribution is 2.45. The maximum Gasteiger partial charge on any atom is 0.225 e. The van der Waals surface area contributed by atoms with E-state index in [2.05, 4.69) is 16.7 Å². The van der Waals surface area contributed by atoms with E-state index >= 15 is 0 Å². The molecule has 35 heavy (non-hydrogen) atoms. The van der Waals surface area contributed by atoms with Gasteiger partial charge in [-0.3, -0.25) is 4.98 Å². The molecule has 1 unspecified atom stereocenters. The van der Waals surface area contributed by atoms with Gasteiger partial charge < -0.3 is 26.0 Å². The van der Waals surface area contributed by atoms with Gasteiger partial charge in [0.15, 0.2) is 0 Å². The first-order chi connectivity index (χ1) is 16.9. The number of aliphatic hydroxyl groups excluding tert-OH is 3. The van der Waals surface area contributed by atoms with Crippen LogP contribution in [0, 0.1) is 19.8 Å². The summed E-state index contributed by atoms with van der Waals surface area (Å²) in [6.45, 7) is 3.81. The van der Waals surface area contributed by atoms with Crippen molar-refractivity contribution in [2.75, 3.05) is 17.2 Å². The highest BCUT2D eigenvalue weighted by Gasteiger charge is 2.41. The number of aliphatic hydroxyl groups is 3. The summed E-state index contributed by atoms with van der Waals surface area (Å²) < 4.78 is 1.10. The molecule has 0 radical (unpaired) electrons. The van der Waals surface area contributed by atoms with E-state index in [4.69, 9.17) is 19.9 Å². The van der Waals surface area contributed by atoms with Gasteiger partial charge in [-0.2, -0.15) is 4.98 Å². The molecule has 3 aliphatic carbocycles. The Morgan fingerprint density at radius 1 is 1.00 bits per heavy atom. The van der Waals surface area contributed by atoms with Crippen molar-refractivity contribution < 1.29 is 15.3 Å². The van der Waals surface area contributed by atoms with E-state index in [-0.39, 0.29) is 12.5 Å². The molecule has 4 atom stereocenters. The van der Waals surface area contributed by atoms with Gasteiger partial charge in [0.1, 0.15) is 22.4 Å². The molecule has 0 amide bonds. The lowest BCUT2D eigenvalue weighted by molar-refractivity contribution is 0.00446. The van der Waals surface area contributed by atoms with E-state index in [0.717, 1.165) is 63.6 Å². The number of aromatic nitrogens is 4. The molecule has 3 saturated carbocycles. The number of nitrogens with zero attached hydrogens (tertiary/aromatic N) is 4. The summed E-state index contributed by atoms with van der Waals surface area (Å²) in [5, 5.41) is 38.3. The van der Waals surface area contributed by atoms with Crippen LogP contribution in [0.25, 0.3) is 20.8 Å². The molecule has 3 aromatic rings. The molecule has 10 heteroatoms. The Labute approximate surface area is 208 Å². The highest BCUT2D eigenvalue weighted by atomic mass is 32.1. The molecule has 0 saturated heterocycles. The lowest BCUT2D eigenvalue weighted by atomic mass is 9.93. The predicted molar refractivity (Wildman–Crippen MR) is 136 cm³/mol. The van der Waals surface area contributed by atoms with E-state index in [9.17, 15) is 15.3 Å². The van der Waals surface area contributed by atoms with Gasteiger partial charge in [0, 0.05) is 30.2 Å². The minimum absolute atomic E-state index is 0.172. The average molecular weight is 497 g/mol. The Balaban J connectivity index is 1.42. The first kappa shape index (κ1) is 23.0. The third-order valence-corrected chi connectivity index (χ3v) is 8.62. The quantitative estimate of drug-likeness (QED) is 0.334. The highest BCUT2D eigenvalue weighted by molar-refractivity contribution is 7.21. The smallest absolute Gasteiger partial charge is 0.225 e. The molecule has 6 rings (SSSR count). The van der Waals surface area contributed by atoms with Crippen LogP contribution in [-0.4, -0.2) is 66.2 Å². The summed E-state index contributed by atoms with van der Waals surface area (Å²) in [4.78, 5) is 19.4. The fourth-order valence-corrected chi connectivity index (χ4v) is 6.35. The Bertz CT molecular complexity index is 1260. The number of thiazole rings is 1. The molecule has 5 N–H and O–H groups in total. The van der Waals surface area contributed by atoms with Gasteiger partial charge in [0.05, 0.1) is 33.8 Å². The van der Waals surface area contributed by atoms with Gasteiger partial charge >= 0.3 is 0 Å². The SMILES string of the molecule is Cc1cc2sc(-c3c(C)nc(NC4CCC4)nc3NC3C[C@H](CO)[C@@H](O)[C@H]3O)nc2c(C2CC2)n1. The molecule has 3 heterocycles. The fourth-order valence-electron chi connectivity index (χ4n) is 5.18. The molecular weight excluding hydrogens is 464 g/mol. The summed E-state index contributed by atoms with van der Waals surface area (Å²) >= 11 is 1.61. The van der Waals surface area contributed by atoms with Crippen molar-refractivity contribution in [3.8, 4) is 10.6 Å². The third-order valence-electron chi connectivity index (χ3n) is 7.60. The molecular formula is C25H32N6O3S. The first-order valence-corrected chi connectivity index (χ1v) is 13.4. The fraction of sp³-hybridized carbons (Fsp3) is 0.600. The Morgan fingerprint density at radius 3 is 2.46 bits per heavy atom. The summed E-state index contributed by atoms with van der Waals surface area (Å²) in [5.41, 5.74) is 4.64. The third kappa shape index (κ3) is 4.26. The van der Waals surface area contributed by atoms with Crippen molar-refractivity contribution in [1.29, 1.82) is 0 Å². The number of anilines is 2. The molecule has 9 nitrogen and oxygen atoms in total. The molecule has 0 aliphatic heterocycles. The van der Waals surface area contributed by atoms with E-state index in [1.165, 1.54) is 6.42 Å². The normalized spacial score (nSPS) is 26.8. The standard InChI is InChI=1S/C25H32N6O3S/c1-11-8-17-20(19(26-11)13-6-7-13)30-24(35-17)18-12(2)27-25(28-15-4-3-5-15)31-23(18)29-16-9-14(10-32)21(33)22(16)34/h8,13-16,21-22,32-34H,3-7,9-10H2,1-2H3,(H2,27,28,29,31)/t14-,16?,21-,22+/m1/s1. The topological polar surface area (TPSA) is 136 Å². The van der Waals surface area contributed by atoms with E-state index < -0.39 is 18.2 Å². The largest absolute Gasteiger partial charge is 0.396 e. The maximum absolute atomic E-state index is 10.7. The zero-order valence-corrected chi connectivity index (χ0v) is 20.8. The van der Waals surface area contributed by atoms with Gasteiger partial charge in [-0.15, -0.1) is 11.3 Å². The molecule has 0 aromatic carbocycles. The predicted octanol–water partition coefficient (Wildman–Crippen LogP) is 3.12. The van der Waals surface area contributed by atoms with Gasteiger partial charge in [0.2, 0.25) is 5.95 Å². The molecule has 0 bridgehead atoms. The van der Waals surface area contributed by atoms with Crippen molar-refractivity contribution in [3.63, 3.8) is 0 Å². The Kier molecular flexibility index (Phi) is 5.87. The van der Waals surface area contributed by atoms with Gasteiger partial charge in [0.25, 0.3) is 0 Å². The zero-order valence-electron chi connectivity index (χ0n) is 20.0. The number of aryl methyl sites for hydroxylation is 2. The monoisotopic (exact) mass is 496 g/mol. The Morgan fingerprint density at radius 2 is 1.80 bits per heavy atom. The maximum atomic E-state index is 10.7. The lowest BCUT2D eigenvalue weighted by Crippen LogP contribution is -2.36. The summed E-state index contributed by atoms with van der Waals surface area (Å²) in [5.74, 6) is 1.26. The van der Waals surface area contributed by atoms with Crippen molar-refractivity contribution >= 4 is 33.3 Å². The minimum atomic E-state index is -0.998. The van der Waals surface area contributed by atoms with Crippen molar-refractivity contribution in [2.24, 2.45) is 5.92 Å². The number of hydrogen-bond donors (Lipinski definition) is 5. The van der Waals surface area contributed by atoms with E-state index in [0.29, 0.717) is 30.1 Å². The molecule has 186 valence electrons. The van der Waals surface area contributed by atoms with Crippen LogP contribution in [0.1, 0.15) is 61.5 Å². The van der Waals surface area contributed by atoms with E-state index in [1.807, 2.05) is 13.8 Å². The van der Waals surface area contributed by atoms with Crippen LogP contribution >= 0.6 is 11.3 Å². The van der Waals surface area contributed by atoms with Crippen LogP contribution < -0.4 is 10.6 Å². The van der Waals surface area contributed by atoms with Crippen LogP contribution in [0.3, 0.4) is 0 Å². The molecule has 3 fully saturated rings. The minimum Gasteiger partial charge on any atom is -0.396 e. The van der Waals surface area contributed by atoms with Gasteiger partial charge in [-0.25, -0.2) is 9.97 Å². The van der Waals surface area contributed by atoms with Crippen LogP contribution in [-0.2, 0) is 0 Å². The second kappa shape index (κ2) is 8.92. The zero-order chi connectivity index (χ0) is 24.3. The van der Waals surface area contributed by atoms with Crippen LogP contribution in [0.4, 0.5) is 11.8 Å². The number of fused-ring (bicyclic) bond motifs is 1. The first-order valence-electron chi connectivity index (χ1n) is 12.6. The van der Waals surface area contributed by atoms with Gasteiger partial charge in [-0.05, 0) is 58.4 Å². The molecule has 3 aromatic heterocycles. The van der Waals surface area contributed by atoms with Crippen LogP contribution in [0.2, 0.25) is 0 Å². The number of nitrogens with one attached hydrogen (secondary N) is 2. The van der Waals surface area contributed by atoms with Gasteiger partial charge in [-0.1, -0.05) is 0 Å². The van der Waals surface area contributed by atoms with Crippen LogP contribution in [0.5, 0.6) is 0 Å². The summed E-state index contributed by atoms with van der Waals surface area (Å²) in [6.07, 6.45) is 4.19. The second-order valence-electron chi connectivity index (χ2n) is 10.3. The molecule has 0 spiro atoms. The van der Waals surface area contributed by atoms with E-state index in [1.54, 1.807) is 11.3 Å². The van der Waals surface area contributed by atoms with Crippen molar-refractivity contribution in [1.82, 2.24) is 19.9 Å². The average Bonchev–Trinajstić information content (AvgIpc) is 3.51. The van der Waals surface area contributed by atoms with Crippen molar-refractivity contribution in [2.45, 2.75) is 82.6 Å². The summed E-state index contributed by atoms with van der Waals surface area (Å²) in [6, 6.07) is 2.02. The number of pyridine rings is 1. The second-order valence-corrected chi connectivity index (χ2v) is 11.4. The lowest BCUT2D eigenvalue weighted by Gasteiger charge is -2.27.